The first kappa shape index (κ1) is 10.5. The van der Waals surface area contributed by atoms with E-state index in [2.05, 4.69) is 20.8 Å². The third-order valence-electron chi connectivity index (χ3n) is 3.72. The molecule has 0 heterocycles. The van der Waals surface area contributed by atoms with Crippen molar-refractivity contribution in [1.82, 2.24) is 5.48 Å². The second-order valence-corrected chi connectivity index (χ2v) is 4.60. The highest BCUT2D eigenvalue weighted by atomic mass is 16.5. The van der Waals surface area contributed by atoms with Crippen LogP contribution in [0, 0.1) is 17.3 Å². The molecular formula is C10H19NO2. The topological polar surface area (TPSA) is 49.3 Å². The Bertz CT molecular complexity index is 201. The van der Waals surface area contributed by atoms with Crippen LogP contribution in [0.25, 0.3) is 0 Å². The lowest BCUT2D eigenvalue weighted by Gasteiger charge is -2.52. The Hall–Kier alpha value is -0.570. The SMILES string of the molecule is CC[C@H]1C[C@H](CC(=O)NO)C1(C)C. The van der Waals surface area contributed by atoms with Crippen LogP contribution < -0.4 is 5.48 Å². The summed E-state index contributed by atoms with van der Waals surface area (Å²) in [6.07, 6.45) is 2.77. The van der Waals surface area contributed by atoms with Gasteiger partial charge in [0, 0.05) is 6.42 Å². The minimum atomic E-state index is -0.257. The molecule has 1 saturated carbocycles. The maximum atomic E-state index is 10.9. The van der Waals surface area contributed by atoms with Crippen LogP contribution in [0.3, 0.4) is 0 Å². The Morgan fingerprint density at radius 2 is 2.15 bits per heavy atom. The van der Waals surface area contributed by atoms with Crippen molar-refractivity contribution in [3.8, 4) is 0 Å². The molecule has 0 aromatic heterocycles. The molecule has 1 aliphatic rings. The highest BCUT2D eigenvalue weighted by molar-refractivity contribution is 5.75. The van der Waals surface area contributed by atoms with Crippen LogP contribution in [0.1, 0.15) is 40.0 Å². The van der Waals surface area contributed by atoms with Gasteiger partial charge in [-0.15, -0.1) is 0 Å². The van der Waals surface area contributed by atoms with E-state index in [1.54, 1.807) is 5.48 Å². The van der Waals surface area contributed by atoms with E-state index in [9.17, 15) is 4.79 Å². The Labute approximate surface area is 79.5 Å². The third-order valence-corrected chi connectivity index (χ3v) is 3.72. The van der Waals surface area contributed by atoms with Gasteiger partial charge in [0.05, 0.1) is 0 Å². The molecule has 0 unspecified atom stereocenters. The smallest absolute Gasteiger partial charge is 0.243 e. The predicted octanol–water partition coefficient (Wildman–Crippen LogP) is 1.95. The summed E-state index contributed by atoms with van der Waals surface area (Å²) >= 11 is 0. The van der Waals surface area contributed by atoms with Crippen molar-refractivity contribution in [2.75, 3.05) is 0 Å². The molecule has 3 heteroatoms. The average molecular weight is 185 g/mol. The van der Waals surface area contributed by atoms with Crippen molar-refractivity contribution in [3.63, 3.8) is 0 Å². The van der Waals surface area contributed by atoms with E-state index in [1.807, 2.05) is 0 Å². The number of hydroxylamine groups is 1. The lowest BCUT2D eigenvalue weighted by Crippen LogP contribution is -2.46. The first-order valence-corrected chi connectivity index (χ1v) is 4.95. The molecule has 0 saturated heterocycles. The zero-order valence-corrected chi connectivity index (χ0v) is 8.63. The fourth-order valence-electron chi connectivity index (χ4n) is 2.43. The van der Waals surface area contributed by atoms with Gasteiger partial charge in [-0.05, 0) is 23.7 Å². The first-order chi connectivity index (χ1) is 6.02. The van der Waals surface area contributed by atoms with Crippen molar-refractivity contribution >= 4 is 5.91 Å². The van der Waals surface area contributed by atoms with Crippen molar-refractivity contribution in [2.24, 2.45) is 17.3 Å². The summed E-state index contributed by atoms with van der Waals surface area (Å²) in [4.78, 5) is 10.9. The van der Waals surface area contributed by atoms with E-state index in [4.69, 9.17) is 5.21 Å². The molecule has 0 aliphatic heterocycles. The molecule has 76 valence electrons. The summed E-state index contributed by atoms with van der Waals surface area (Å²) in [7, 11) is 0. The van der Waals surface area contributed by atoms with Crippen LogP contribution in [0.2, 0.25) is 0 Å². The van der Waals surface area contributed by atoms with E-state index in [0.29, 0.717) is 12.3 Å². The fraction of sp³-hybridized carbons (Fsp3) is 0.900. The molecular weight excluding hydrogens is 166 g/mol. The van der Waals surface area contributed by atoms with Crippen molar-refractivity contribution in [3.05, 3.63) is 0 Å². The first-order valence-electron chi connectivity index (χ1n) is 4.95. The summed E-state index contributed by atoms with van der Waals surface area (Å²) in [5.41, 5.74) is 1.96. The molecule has 13 heavy (non-hydrogen) atoms. The van der Waals surface area contributed by atoms with Crippen LogP contribution in [0.15, 0.2) is 0 Å². The second-order valence-electron chi connectivity index (χ2n) is 4.60. The number of hydrogen-bond acceptors (Lipinski definition) is 2. The van der Waals surface area contributed by atoms with Gasteiger partial charge < -0.3 is 0 Å². The number of hydrogen-bond donors (Lipinski definition) is 2. The Morgan fingerprint density at radius 1 is 1.54 bits per heavy atom. The fourth-order valence-corrected chi connectivity index (χ4v) is 2.43. The van der Waals surface area contributed by atoms with Gasteiger partial charge >= 0.3 is 0 Å². The highest BCUT2D eigenvalue weighted by Crippen LogP contribution is 2.54. The molecule has 1 rings (SSSR count). The zero-order valence-electron chi connectivity index (χ0n) is 8.63. The lowest BCUT2D eigenvalue weighted by atomic mass is 9.53. The minimum absolute atomic E-state index is 0.257. The summed E-state index contributed by atoms with van der Waals surface area (Å²) in [6, 6.07) is 0. The molecule has 0 spiro atoms. The highest BCUT2D eigenvalue weighted by Gasteiger charge is 2.47. The number of rotatable bonds is 3. The minimum Gasteiger partial charge on any atom is -0.289 e. The molecule has 1 aliphatic carbocycles. The van der Waals surface area contributed by atoms with Gasteiger partial charge in [-0.3, -0.25) is 10.0 Å². The van der Waals surface area contributed by atoms with Crippen LogP contribution >= 0.6 is 0 Å². The monoisotopic (exact) mass is 185 g/mol. The van der Waals surface area contributed by atoms with Crippen molar-refractivity contribution in [2.45, 2.75) is 40.0 Å². The van der Waals surface area contributed by atoms with Crippen LogP contribution in [-0.2, 0) is 4.79 Å². The van der Waals surface area contributed by atoms with E-state index in [0.717, 1.165) is 12.3 Å². The number of nitrogens with one attached hydrogen (secondary N) is 1. The van der Waals surface area contributed by atoms with Gasteiger partial charge in [0.2, 0.25) is 5.91 Å². The summed E-state index contributed by atoms with van der Waals surface area (Å²) < 4.78 is 0. The van der Waals surface area contributed by atoms with Gasteiger partial charge in [-0.25, -0.2) is 5.48 Å². The molecule has 3 nitrogen and oxygen atoms in total. The van der Waals surface area contributed by atoms with E-state index in [-0.39, 0.29) is 11.3 Å². The standard InChI is InChI=1S/C10H19NO2/c1-4-7-5-8(10(7,2)3)6-9(12)11-13/h7-8,13H,4-6H2,1-3H3,(H,11,12)/t7-,8+/m0/s1. The van der Waals surface area contributed by atoms with Gasteiger partial charge in [0.1, 0.15) is 0 Å². The molecule has 0 aromatic rings. The summed E-state index contributed by atoms with van der Waals surface area (Å²) in [5.74, 6) is 0.918. The molecule has 2 atom stereocenters. The van der Waals surface area contributed by atoms with Crippen molar-refractivity contribution < 1.29 is 10.0 Å². The van der Waals surface area contributed by atoms with E-state index < -0.39 is 0 Å². The maximum Gasteiger partial charge on any atom is 0.243 e. The van der Waals surface area contributed by atoms with Crippen LogP contribution in [0.4, 0.5) is 0 Å². The molecule has 1 fully saturated rings. The molecule has 0 radical (unpaired) electrons. The van der Waals surface area contributed by atoms with Gasteiger partial charge in [0.15, 0.2) is 0 Å². The molecule has 1 amide bonds. The lowest BCUT2D eigenvalue weighted by molar-refractivity contribution is -0.135. The molecule has 0 aromatic carbocycles. The Morgan fingerprint density at radius 3 is 2.54 bits per heavy atom. The largest absolute Gasteiger partial charge is 0.289 e. The van der Waals surface area contributed by atoms with E-state index >= 15 is 0 Å². The normalized spacial score (nSPS) is 30.8. The third kappa shape index (κ3) is 1.85. The molecule has 0 bridgehead atoms. The van der Waals surface area contributed by atoms with Gasteiger partial charge in [0.25, 0.3) is 0 Å². The second kappa shape index (κ2) is 3.66. The zero-order chi connectivity index (χ0) is 10.1. The summed E-state index contributed by atoms with van der Waals surface area (Å²) in [5, 5.41) is 8.40. The van der Waals surface area contributed by atoms with E-state index in [1.165, 1.54) is 6.42 Å². The maximum absolute atomic E-state index is 10.9. The number of amides is 1. The van der Waals surface area contributed by atoms with Crippen LogP contribution in [0.5, 0.6) is 0 Å². The predicted molar refractivity (Wildman–Crippen MR) is 50.2 cm³/mol. The van der Waals surface area contributed by atoms with Gasteiger partial charge in [-0.2, -0.15) is 0 Å². The number of carbonyl (C=O) groups is 1. The van der Waals surface area contributed by atoms with Crippen LogP contribution in [-0.4, -0.2) is 11.1 Å². The average Bonchev–Trinajstić information content (AvgIpc) is 2.10. The van der Waals surface area contributed by atoms with Crippen molar-refractivity contribution in [1.29, 1.82) is 0 Å². The number of carbonyl (C=O) groups excluding carboxylic acids is 1. The quantitative estimate of drug-likeness (QED) is 0.521. The summed E-state index contributed by atoms with van der Waals surface area (Å²) in [6.45, 7) is 6.61. The Kier molecular flexibility index (Phi) is 2.96. The molecule has 2 N–H and O–H groups in total. The Balaban J connectivity index is 2.44. The van der Waals surface area contributed by atoms with Gasteiger partial charge in [-0.1, -0.05) is 27.2 Å².